The minimum absolute atomic E-state index is 0. The summed E-state index contributed by atoms with van der Waals surface area (Å²) in [5, 5.41) is 13.1. The van der Waals surface area contributed by atoms with Crippen LogP contribution in [0.25, 0.3) is 0 Å². The number of carbonyl (C=O) groups excluding carboxylic acids is 2. The predicted octanol–water partition coefficient (Wildman–Crippen LogP) is 3.34. The maximum atomic E-state index is 14.0. The summed E-state index contributed by atoms with van der Waals surface area (Å²) in [6.07, 6.45) is 2.19. The van der Waals surface area contributed by atoms with E-state index in [0.29, 0.717) is 32.1 Å². The van der Waals surface area contributed by atoms with E-state index in [9.17, 15) is 28.3 Å². The highest BCUT2D eigenvalue weighted by Gasteiger charge is 2.52. The Morgan fingerprint density at radius 2 is 1.87 bits per heavy atom. The molecular weight excluding hydrogens is 520 g/mol. The van der Waals surface area contributed by atoms with Crippen molar-refractivity contribution in [2.24, 2.45) is 0 Å². The Labute approximate surface area is 223 Å². The lowest BCUT2D eigenvalue weighted by molar-refractivity contribution is -0.0929. The Bertz CT molecular complexity index is 1440. The molecule has 0 radical (unpaired) electrons. The third-order valence-corrected chi connectivity index (χ3v) is 7.02. The number of rotatable bonds is 6. The van der Waals surface area contributed by atoms with Gasteiger partial charge in [-0.3, -0.25) is 14.4 Å². The average molecular weight is 546 g/mol. The molecule has 1 spiro atoms. The van der Waals surface area contributed by atoms with Gasteiger partial charge in [-0.15, -0.1) is 12.4 Å². The van der Waals surface area contributed by atoms with Crippen LogP contribution in [0.2, 0.25) is 0 Å². The summed E-state index contributed by atoms with van der Waals surface area (Å²) in [4.78, 5) is 40.1. The highest BCUT2D eigenvalue weighted by atomic mass is 35.5. The Hall–Kier alpha value is -3.76. The van der Waals surface area contributed by atoms with Crippen molar-refractivity contribution in [1.82, 2.24) is 14.8 Å². The van der Waals surface area contributed by atoms with Crippen molar-refractivity contribution in [3.05, 3.63) is 99.0 Å². The van der Waals surface area contributed by atoms with Crippen LogP contribution in [0.5, 0.6) is 5.75 Å². The molecule has 0 atom stereocenters. The van der Waals surface area contributed by atoms with E-state index in [-0.39, 0.29) is 41.9 Å². The average Bonchev–Trinajstić information content (AvgIpc) is 2.85. The Kier molecular flexibility index (Phi) is 7.57. The molecule has 1 aliphatic heterocycles. The highest BCUT2D eigenvalue weighted by molar-refractivity contribution is 5.99. The number of nitrogens with one attached hydrogen (secondary N) is 1. The second-order valence-corrected chi connectivity index (χ2v) is 9.57. The fourth-order valence-electron chi connectivity index (χ4n) is 5.07. The second kappa shape index (κ2) is 10.5. The minimum Gasteiger partial charge on any atom is -0.503 e. The van der Waals surface area contributed by atoms with Crippen molar-refractivity contribution < 1.29 is 28.2 Å². The summed E-state index contributed by atoms with van der Waals surface area (Å²) in [5.74, 6) is -3.79. The molecule has 2 heterocycles. The van der Waals surface area contributed by atoms with Crippen molar-refractivity contribution in [3.8, 4) is 5.75 Å². The SMILES string of the molecule is CN1C[C@]2(C[C@@H](OCc3ccccc3)C2)n2cc(C(=O)NCc3ccc(F)cc3F)c(=O)c(O)c2C1=O.Cl. The normalized spacial score (nSPS) is 19.9. The summed E-state index contributed by atoms with van der Waals surface area (Å²) < 4.78 is 34.7. The maximum absolute atomic E-state index is 14.0. The van der Waals surface area contributed by atoms with Gasteiger partial charge in [0.15, 0.2) is 11.4 Å². The zero-order chi connectivity index (χ0) is 26.3. The number of amides is 2. The summed E-state index contributed by atoms with van der Waals surface area (Å²) in [6.45, 7) is 0.440. The van der Waals surface area contributed by atoms with E-state index in [4.69, 9.17) is 4.74 Å². The van der Waals surface area contributed by atoms with Gasteiger partial charge < -0.3 is 24.6 Å². The Morgan fingerprint density at radius 1 is 1.16 bits per heavy atom. The number of nitrogens with zero attached hydrogens (tertiary/aromatic N) is 2. The molecule has 8 nitrogen and oxygen atoms in total. The molecule has 2 amide bonds. The monoisotopic (exact) mass is 545 g/mol. The van der Waals surface area contributed by atoms with Crippen molar-refractivity contribution in [1.29, 1.82) is 0 Å². The van der Waals surface area contributed by atoms with Crippen LogP contribution in [0.4, 0.5) is 8.78 Å². The van der Waals surface area contributed by atoms with Gasteiger partial charge in [0.05, 0.1) is 18.2 Å². The van der Waals surface area contributed by atoms with Crippen LogP contribution in [0.3, 0.4) is 0 Å². The first kappa shape index (κ1) is 27.3. The summed E-state index contributed by atoms with van der Waals surface area (Å²) in [5.41, 5.74) is -1.17. The van der Waals surface area contributed by atoms with Crippen LogP contribution in [0, 0.1) is 11.6 Å². The number of ether oxygens (including phenoxy) is 1. The number of aromatic nitrogens is 1. The molecule has 3 aromatic rings. The number of carbonyl (C=O) groups is 2. The van der Waals surface area contributed by atoms with E-state index < -0.39 is 40.2 Å². The number of benzene rings is 2. The molecule has 1 aliphatic carbocycles. The van der Waals surface area contributed by atoms with Gasteiger partial charge in [0.1, 0.15) is 17.2 Å². The molecule has 0 unspecified atom stereocenters. The molecule has 2 N–H and O–H groups in total. The van der Waals surface area contributed by atoms with Gasteiger partial charge in [-0.25, -0.2) is 8.78 Å². The molecule has 5 rings (SSSR count). The van der Waals surface area contributed by atoms with Crippen LogP contribution in [0.15, 0.2) is 59.5 Å². The lowest BCUT2D eigenvalue weighted by Crippen LogP contribution is -2.61. The van der Waals surface area contributed by atoms with Crippen molar-refractivity contribution >= 4 is 24.2 Å². The van der Waals surface area contributed by atoms with Crippen LogP contribution in [-0.2, 0) is 23.4 Å². The third kappa shape index (κ3) is 4.89. The molecule has 1 saturated carbocycles. The molecule has 200 valence electrons. The van der Waals surface area contributed by atoms with Gasteiger partial charge >= 0.3 is 0 Å². The van der Waals surface area contributed by atoms with Gasteiger partial charge in [-0.05, 0) is 24.5 Å². The third-order valence-electron chi connectivity index (χ3n) is 7.02. The second-order valence-electron chi connectivity index (χ2n) is 9.57. The zero-order valence-electron chi connectivity index (χ0n) is 20.4. The fourth-order valence-corrected chi connectivity index (χ4v) is 5.07. The van der Waals surface area contributed by atoms with Gasteiger partial charge in [-0.1, -0.05) is 36.4 Å². The topological polar surface area (TPSA) is 101 Å². The molecule has 11 heteroatoms. The smallest absolute Gasteiger partial charge is 0.274 e. The first-order valence-electron chi connectivity index (χ1n) is 11.8. The van der Waals surface area contributed by atoms with Crippen molar-refractivity contribution in [2.45, 2.75) is 37.6 Å². The molecule has 1 fully saturated rings. The van der Waals surface area contributed by atoms with Crippen LogP contribution in [0.1, 0.15) is 44.8 Å². The standard InChI is InChI=1S/C27H25F2N3O5.ClH/c1-31-15-27(10-19(11-27)37-14-16-5-3-2-4-6-16)32-13-20(23(33)24(34)22(32)26(31)36)25(35)30-12-17-7-8-18(28)9-21(17)29;/h2-9,13,19,34H,10-12,14-15H2,1H3,(H,30,35);1H/t19-,27-;. The van der Waals surface area contributed by atoms with Gasteiger partial charge in [0.2, 0.25) is 5.43 Å². The van der Waals surface area contributed by atoms with E-state index in [0.717, 1.165) is 11.6 Å². The zero-order valence-corrected chi connectivity index (χ0v) is 21.3. The van der Waals surface area contributed by atoms with E-state index in [1.165, 1.54) is 21.7 Å². The first-order valence-corrected chi connectivity index (χ1v) is 11.8. The van der Waals surface area contributed by atoms with Crippen LogP contribution < -0.4 is 10.7 Å². The van der Waals surface area contributed by atoms with Crippen LogP contribution in [-0.4, -0.2) is 46.1 Å². The fraction of sp³-hybridized carbons (Fsp3) is 0.296. The number of fused-ring (bicyclic) bond motifs is 2. The van der Waals surface area contributed by atoms with Gasteiger partial charge in [0.25, 0.3) is 11.8 Å². The highest BCUT2D eigenvalue weighted by Crippen LogP contribution is 2.46. The molecule has 2 aromatic carbocycles. The molecule has 1 aromatic heterocycles. The quantitative estimate of drug-likeness (QED) is 0.495. The van der Waals surface area contributed by atoms with E-state index >= 15 is 0 Å². The number of aromatic hydroxyl groups is 1. The minimum atomic E-state index is -1.00. The summed E-state index contributed by atoms with van der Waals surface area (Å²) >= 11 is 0. The van der Waals surface area contributed by atoms with Gasteiger partial charge in [0, 0.05) is 38.0 Å². The van der Waals surface area contributed by atoms with Crippen LogP contribution >= 0.6 is 12.4 Å². The molecular formula is C27H26ClF2N3O5. The largest absolute Gasteiger partial charge is 0.503 e. The first-order chi connectivity index (χ1) is 17.7. The molecule has 38 heavy (non-hydrogen) atoms. The molecule has 2 aliphatic rings. The van der Waals surface area contributed by atoms with Crippen molar-refractivity contribution in [3.63, 3.8) is 0 Å². The Morgan fingerprint density at radius 3 is 2.55 bits per heavy atom. The van der Waals surface area contributed by atoms with Crippen molar-refractivity contribution in [2.75, 3.05) is 13.6 Å². The Balaban J connectivity index is 0.00000336. The number of likely N-dealkylation sites (N-methyl/N-ethyl adjacent to an activating group) is 1. The lowest BCUT2D eigenvalue weighted by atomic mass is 9.72. The van der Waals surface area contributed by atoms with Gasteiger partial charge in [-0.2, -0.15) is 0 Å². The predicted molar refractivity (Wildman–Crippen MR) is 136 cm³/mol. The number of hydrogen-bond acceptors (Lipinski definition) is 5. The maximum Gasteiger partial charge on any atom is 0.274 e. The lowest BCUT2D eigenvalue weighted by Gasteiger charge is -2.53. The number of halogens is 3. The van der Waals surface area contributed by atoms with E-state index in [2.05, 4.69) is 5.32 Å². The molecule has 0 saturated heterocycles. The summed E-state index contributed by atoms with van der Waals surface area (Å²) in [7, 11) is 1.59. The summed E-state index contributed by atoms with van der Waals surface area (Å²) in [6, 6.07) is 12.6. The molecule has 0 bridgehead atoms. The number of pyridine rings is 1. The van der Waals surface area contributed by atoms with E-state index in [1.54, 1.807) is 7.05 Å². The van der Waals surface area contributed by atoms with E-state index in [1.807, 2.05) is 30.3 Å². The number of hydrogen-bond donors (Lipinski definition) is 2.